The van der Waals surface area contributed by atoms with E-state index in [0.717, 1.165) is 38.9 Å². The molecule has 1 aliphatic heterocycles. The molecule has 1 aliphatic rings. The van der Waals surface area contributed by atoms with Gasteiger partial charge in [0, 0.05) is 13.1 Å². The molecule has 1 fully saturated rings. The molecule has 118 valence electrons. The average molecular weight is 282 g/mol. The number of unbranched alkanes of at least 4 members (excludes halogenated alkanes) is 2. The Labute approximate surface area is 125 Å². The lowest BCUT2D eigenvalue weighted by atomic mass is 9.85. The van der Waals surface area contributed by atoms with Crippen molar-refractivity contribution < 1.29 is 4.79 Å². The highest BCUT2D eigenvalue weighted by atomic mass is 16.2. The smallest absolute Gasteiger partial charge is 0.239 e. The van der Waals surface area contributed by atoms with Crippen molar-refractivity contribution in [3.63, 3.8) is 0 Å². The number of nitrogens with one attached hydrogen (secondary N) is 1. The number of hydrogen-bond acceptors (Lipinski definition) is 2. The molecule has 1 rings (SSSR count). The molecule has 3 heteroatoms. The van der Waals surface area contributed by atoms with E-state index in [2.05, 4.69) is 37.9 Å². The molecule has 0 aliphatic carbocycles. The second-order valence-electron chi connectivity index (χ2n) is 7.03. The van der Waals surface area contributed by atoms with Crippen molar-refractivity contribution in [1.29, 1.82) is 0 Å². The van der Waals surface area contributed by atoms with Crippen LogP contribution in [0.3, 0.4) is 0 Å². The van der Waals surface area contributed by atoms with E-state index in [1.165, 1.54) is 25.7 Å². The Balaban J connectivity index is 2.46. The SMILES string of the molecule is CCCCCC(C)(C)CN1CCCC(NCCC)C1=O. The maximum atomic E-state index is 12.5. The topological polar surface area (TPSA) is 32.3 Å². The zero-order chi connectivity index (χ0) is 15.0. The number of piperidine rings is 1. The van der Waals surface area contributed by atoms with Crippen molar-refractivity contribution in [1.82, 2.24) is 10.2 Å². The van der Waals surface area contributed by atoms with Crippen LogP contribution in [0.15, 0.2) is 0 Å². The molecule has 0 saturated carbocycles. The van der Waals surface area contributed by atoms with Crippen molar-refractivity contribution in [3.8, 4) is 0 Å². The predicted molar refractivity (Wildman–Crippen MR) is 85.8 cm³/mol. The Kier molecular flexibility index (Phi) is 7.57. The van der Waals surface area contributed by atoms with Gasteiger partial charge in [-0.05, 0) is 37.6 Å². The van der Waals surface area contributed by atoms with Gasteiger partial charge in [0.1, 0.15) is 0 Å². The third kappa shape index (κ3) is 5.82. The number of carbonyl (C=O) groups is 1. The lowest BCUT2D eigenvalue weighted by Crippen LogP contribution is -2.53. The highest BCUT2D eigenvalue weighted by Crippen LogP contribution is 2.27. The largest absolute Gasteiger partial charge is 0.341 e. The van der Waals surface area contributed by atoms with Gasteiger partial charge >= 0.3 is 0 Å². The van der Waals surface area contributed by atoms with Gasteiger partial charge in [-0.1, -0.05) is 47.0 Å². The van der Waals surface area contributed by atoms with Crippen molar-refractivity contribution >= 4 is 5.91 Å². The van der Waals surface area contributed by atoms with E-state index in [-0.39, 0.29) is 11.5 Å². The fourth-order valence-electron chi connectivity index (χ4n) is 3.05. The Morgan fingerprint density at radius 3 is 2.65 bits per heavy atom. The van der Waals surface area contributed by atoms with Gasteiger partial charge in [-0.15, -0.1) is 0 Å². The van der Waals surface area contributed by atoms with Crippen LogP contribution in [-0.4, -0.2) is 36.5 Å². The van der Waals surface area contributed by atoms with Crippen LogP contribution in [0.2, 0.25) is 0 Å². The first kappa shape index (κ1) is 17.5. The summed E-state index contributed by atoms with van der Waals surface area (Å²) >= 11 is 0. The number of likely N-dealkylation sites (tertiary alicyclic amines) is 1. The molecule has 1 N–H and O–H groups in total. The monoisotopic (exact) mass is 282 g/mol. The summed E-state index contributed by atoms with van der Waals surface area (Å²) in [5, 5.41) is 3.40. The van der Waals surface area contributed by atoms with Crippen molar-refractivity contribution in [2.24, 2.45) is 5.41 Å². The summed E-state index contributed by atoms with van der Waals surface area (Å²) in [5.41, 5.74) is 0.247. The molecule has 0 aromatic rings. The predicted octanol–water partition coefficient (Wildman–Crippen LogP) is 3.58. The first-order valence-electron chi connectivity index (χ1n) is 8.52. The Morgan fingerprint density at radius 2 is 2.00 bits per heavy atom. The van der Waals surface area contributed by atoms with E-state index < -0.39 is 0 Å². The van der Waals surface area contributed by atoms with Gasteiger partial charge in [-0.25, -0.2) is 0 Å². The molecule has 20 heavy (non-hydrogen) atoms. The number of hydrogen-bond donors (Lipinski definition) is 1. The second-order valence-corrected chi connectivity index (χ2v) is 7.03. The number of rotatable bonds is 9. The molecule has 1 amide bonds. The van der Waals surface area contributed by atoms with E-state index in [1.807, 2.05) is 0 Å². The van der Waals surface area contributed by atoms with Crippen molar-refractivity contribution in [2.45, 2.75) is 78.7 Å². The lowest BCUT2D eigenvalue weighted by Gasteiger charge is -2.38. The van der Waals surface area contributed by atoms with Gasteiger partial charge in [0.05, 0.1) is 6.04 Å². The minimum atomic E-state index is 0.0649. The lowest BCUT2D eigenvalue weighted by molar-refractivity contribution is -0.137. The maximum absolute atomic E-state index is 12.5. The van der Waals surface area contributed by atoms with E-state index in [0.29, 0.717) is 5.91 Å². The molecule has 1 heterocycles. The Hall–Kier alpha value is -0.570. The van der Waals surface area contributed by atoms with E-state index in [1.54, 1.807) is 0 Å². The van der Waals surface area contributed by atoms with Crippen LogP contribution in [0.5, 0.6) is 0 Å². The second kappa shape index (κ2) is 8.66. The van der Waals surface area contributed by atoms with Gasteiger partial charge in [-0.3, -0.25) is 4.79 Å². The summed E-state index contributed by atoms with van der Waals surface area (Å²) in [6, 6.07) is 0.0649. The van der Waals surface area contributed by atoms with Gasteiger partial charge in [0.2, 0.25) is 5.91 Å². The van der Waals surface area contributed by atoms with Gasteiger partial charge < -0.3 is 10.2 Å². The quantitative estimate of drug-likeness (QED) is 0.656. The van der Waals surface area contributed by atoms with Crippen molar-refractivity contribution in [2.75, 3.05) is 19.6 Å². The number of nitrogens with zero attached hydrogens (tertiary/aromatic N) is 1. The van der Waals surface area contributed by atoms with E-state index in [9.17, 15) is 4.79 Å². The molecule has 0 spiro atoms. The Bertz CT molecular complexity index is 289. The summed E-state index contributed by atoms with van der Waals surface area (Å²) in [6.07, 6.45) is 8.30. The molecular weight excluding hydrogens is 248 g/mol. The molecule has 0 radical (unpaired) electrons. The standard InChI is InChI=1S/C17H34N2O/c1-5-7-8-11-17(3,4)14-19-13-9-10-15(16(19)20)18-12-6-2/h15,18H,5-14H2,1-4H3. The first-order chi connectivity index (χ1) is 9.50. The molecule has 1 saturated heterocycles. The normalized spacial score (nSPS) is 20.5. The zero-order valence-corrected chi connectivity index (χ0v) is 14.0. The minimum Gasteiger partial charge on any atom is -0.341 e. The van der Waals surface area contributed by atoms with Crippen LogP contribution in [0.25, 0.3) is 0 Å². The number of amides is 1. The zero-order valence-electron chi connectivity index (χ0n) is 14.0. The van der Waals surface area contributed by atoms with Crippen LogP contribution in [0.4, 0.5) is 0 Å². The number of carbonyl (C=O) groups excluding carboxylic acids is 1. The third-order valence-electron chi connectivity index (χ3n) is 4.25. The molecule has 1 unspecified atom stereocenters. The first-order valence-corrected chi connectivity index (χ1v) is 8.52. The van der Waals surface area contributed by atoms with Gasteiger partial charge in [-0.2, -0.15) is 0 Å². The fraction of sp³-hybridized carbons (Fsp3) is 0.941. The van der Waals surface area contributed by atoms with Crippen LogP contribution < -0.4 is 5.32 Å². The summed E-state index contributed by atoms with van der Waals surface area (Å²) in [5.74, 6) is 0.327. The molecule has 1 atom stereocenters. The van der Waals surface area contributed by atoms with Gasteiger partial charge in [0.25, 0.3) is 0 Å². The molecule has 0 aromatic heterocycles. The highest BCUT2D eigenvalue weighted by Gasteiger charge is 2.31. The molecule has 3 nitrogen and oxygen atoms in total. The maximum Gasteiger partial charge on any atom is 0.239 e. The van der Waals surface area contributed by atoms with E-state index >= 15 is 0 Å². The summed E-state index contributed by atoms with van der Waals surface area (Å²) < 4.78 is 0. The molecule has 0 aromatic carbocycles. The van der Waals surface area contributed by atoms with E-state index in [4.69, 9.17) is 0 Å². The summed E-state index contributed by atoms with van der Waals surface area (Å²) in [7, 11) is 0. The van der Waals surface area contributed by atoms with Crippen LogP contribution in [0, 0.1) is 5.41 Å². The van der Waals surface area contributed by atoms with Crippen LogP contribution in [-0.2, 0) is 4.79 Å². The van der Waals surface area contributed by atoms with Crippen molar-refractivity contribution in [3.05, 3.63) is 0 Å². The summed E-state index contributed by atoms with van der Waals surface area (Å²) in [6.45, 7) is 11.8. The minimum absolute atomic E-state index is 0.0649. The van der Waals surface area contributed by atoms with Crippen LogP contribution in [0.1, 0.15) is 72.6 Å². The Morgan fingerprint density at radius 1 is 1.25 bits per heavy atom. The summed E-state index contributed by atoms with van der Waals surface area (Å²) in [4.78, 5) is 14.6. The molecule has 0 bridgehead atoms. The average Bonchev–Trinajstić information content (AvgIpc) is 2.40. The van der Waals surface area contributed by atoms with Gasteiger partial charge in [0.15, 0.2) is 0 Å². The molecular formula is C17H34N2O. The van der Waals surface area contributed by atoms with Crippen LogP contribution >= 0.6 is 0 Å². The third-order valence-corrected chi connectivity index (χ3v) is 4.25. The highest BCUT2D eigenvalue weighted by molar-refractivity contribution is 5.82. The fourth-order valence-corrected chi connectivity index (χ4v) is 3.05.